The van der Waals surface area contributed by atoms with E-state index < -0.39 is 26.5 Å². The molecule has 0 amide bonds. The number of carbonyl (C=O) groups is 1. The fourth-order valence-corrected chi connectivity index (χ4v) is 19.1. The molecule has 0 spiro atoms. The molecule has 8 aromatic carbocycles. The fraction of sp³-hybridized carbons (Fsp3) is 0.338. The van der Waals surface area contributed by atoms with Crippen LogP contribution in [0.4, 0.5) is 13.2 Å². The second-order valence-electron chi connectivity index (χ2n) is 25.5. The zero-order chi connectivity index (χ0) is 62.5. The van der Waals surface area contributed by atoms with Gasteiger partial charge in [0.15, 0.2) is 45.8 Å². The van der Waals surface area contributed by atoms with Crippen LogP contribution in [0, 0.1) is 45.4 Å². The molecule has 0 radical (unpaired) electrons. The minimum Gasteiger partial charge on any atom is -0.481 e. The first-order chi connectivity index (χ1) is 41.2. The third kappa shape index (κ3) is 16.1. The first kappa shape index (κ1) is 65.1. The van der Waals surface area contributed by atoms with Crippen molar-refractivity contribution in [3.05, 3.63) is 228 Å². The largest absolute Gasteiger partial charge is 0.534 e. The van der Waals surface area contributed by atoms with Gasteiger partial charge in [0.2, 0.25) is 0 Å². The quantitative estimate of drug-likeness (QED) is 0.0467. The molecule has 4 saturated carbocycles. The molecule has 0 heterocycles. The fourth-order valence-electron chi connectivity index (χ4n) is 12.6. The summed E-state index contributed by atoms with van der Waals surface area (Å²) in [6, 6.07) is 66.9. The highest BCUT2D eigenvalue weighted by molar-refractivity contribution is 7.97. The molecule has 0 aromatic heterocycles. The molecule has 0 saturated heterocycles. The highest BCUT2D eigenvalue weighted by atomic mass is 32.2. The number of rotatable bonds is 14. The third-order valence-electron chi connectivity index (χ3n) is 16.5. The Morgan fingerprint density at radius 2 is 0.782 bits per heavy atom. The maximum atomic E-state index is 12.9. The molecule has 87 heavy (non-hydrogen) atoms. The Balaban J connectivity index is 0.000000161. The highest BCUT2D eigenvalue weighted by Gasteiger charge is 2.53. The van der Waals surface area contributed by atoms with Crippen molar-refractivity contribution in [2.24, 2.45) is 17.8 Å². The molecule has 0 atom stereocenters. The number of hydrogen-bond donors (Lipinski definition) is 0. The summed E-state index contributed by atoms with van der Waals surface area (Å²) in [5, 5.41) is 0. The van der Waals surface area contributed by atoms with Crippen molar-refractivity contribution in [3.63, 3.8) is 0 Å². The molecule has 4 fully saturated rings. The van der Waals surface area contributed by atoms with Crippen LogP contribution in [0.25, 0.3) is 0 Å². The average Bonchev–Trinajstić information content (AvgIpc) is 0.888. The van der Waals surface area contributed by atoms with Gasteiger partial charge in [0.25, 0.3) is 0 Å². The lowest BCUT2D eigenvalue weighted by molar-refractivity contribution is -0.188. The van der Waals surface area contributed by atoms with Crippen LogP contribution < -0.4 is 8.92 Å². The number of aryl methyl sites for hydroxylation is 4. The van der Waals surface area contributed by atoms with Crippen molar-refractivity contribution < 1.29 is 40.0 Å². The van der Waals surface area contributed by atoms with Crippen LogP contribution in [0.15, 0.2) is 233 Å². The summed E-state index contributed by atoms with van der Waals surface area (Å²) in [5.41, 5.74) is 0.278. The highest BCUT2D eigenvalue weighted by Crippen LogP contribution is 2.57. The van der Waals surface area contributed by atoms with E-state index in [-0.39, 0.29) is 56.5 Å². The lowest BCUT2D eigenvalue weighted by Gasteiger charge is -2.55. The standard InChI is InChI=1S/C32H35O3S.C21H18F3O3S2.C21H29S/c1-22-13-29(36(27-9-5-3-6-10-27)28-11-7-4-8-12-28)14-23(2)31(22)34-21-30(33)35-32-18-24-15-25(19-32)17-26(16-24)20-32;1-15-13-19(14-16(2)20(15)27-29(25,26)21(22,23)24)28(17-9-5-3-6-10-17)18-11-7-4-8-12-18;1-20(2,3)16-8-12-18(13-9-16)22(7)19-14-10-17(11-15-19)21(4,5)6/h3-14,24-26H,15-21H2,1-2H3;3-14H,1-2H3;8-15H,1-7H3/q3*+1. The Hall–Kier alpha value is -6.38. The van der Waals surface area contributed by atoms with Crippen LogP contribution in [-0.4, -0.2) is 38.4 Å². The third-order valence-corrected chi connectivity index (χ3v) is 23.8. The van der Waals surface area contributed by atoms with E-state index in [2.05, 4.69) is 187 Å². The van der Waals surface area contributed by atoms with E-state index in [9.17, 15) is 26.4 Å². The topological polar surface area (TPSA) is 78.9 Å². The Morgan fingerprint density at radius 1 is 0.471 bits per heavy atom. The van der Waals surface area contributed by atoms with E-state index in [1.807, 2.05) is 60.7 Å². The molecule has 12 rings (SSSR count). The molecular formula is C74H82F3O6S4+3. The van der Waals surface area contributed by atoms with Gasteiger partial charge in [0.05, 0.1) is 32.7 Å². The molecule has 8 aromatic rings. The predicted molar refractivity (Wildman–Crippen MR) is 350 cm³/mol. The van der Waals surface area contributed by atoms with Crippen LogP contribution in [0.3, 0.4) is 0 Å². The average molecular weight is 1250 g/mol. The van der Waals surface area contributed by atoms with Crippen molar-refractivity contribution >= 4 is 48.8 Å². The number of esters is 1. The Bertz CT molecular complexity index is 3500. The number of carbonyl (C=O) groups excluding carboxylic acids is 1. The number of halogens is 3. The first-order valence-electron chi connectivity index (χ1n) is 29.8. The molecule has 6 nitrogen and oxygen atoms in total. The summed E-state index contributed by atoms with van der Waals surface area (Å²) in [4.78, 5) is 22.5. The summed E-state index contributed by atoms with van der Waals surface area (Å²) < 4.78 is 77.8. The predicted octanol–water partition coefficient (Wildman–Crippen LogP) is 18.9. The molecule has 0 N–H and O–H groups in total. The minimum absolute atomic E-state index is 0.0220. The lowest BCUT2D eigenvalue weighted by Crippen LogP contribution is -2.53. The zero-order valence-corrected chi connectivity index (χ0v) is 55.1. The Labute approximate surface area is 523 Å². The van der Waals surface area contributed by atoms with Crippen molar-refractivity contribution in [3.8, 4) is 11.5 Å². The van der Waals surface area contributed by atoms with Crippen molar-refractivity contribution in [1.82, 2.24) is 0 Å². The van der Waals surface area contributed by atoms with E-state index in [1.165, 1.54) is 68.7 Å². The SMILES string of the molecule is C[S+](c1ccc(C(C)(C)C)cc1)c1ccc(C(C)(C)C)cc1.Cc1cc([S+](c2ccccc2)c2ccccc2)cc(C)c1OCC(=O)OC12CC3CC(CC(C3)C1)C2.Cc1cc([S+](c2ccccc2)c2ccccc2)cc(C)c1OS(=O)(=O)C(F)(F)F. The van der Waals surface area contributed by atoms with Gasteiger partial charge in [-0.1, -0.05) is 139 Å². The van der Waals surface area contributed by atoms with Gasteiger partial charge in [-0.3, -0.25) is 0 Å². The lowest BCUT2D eigenvalue weighted by atomic mass is 9.54. The normalized spacial score (nSPS) is 18.1. The van der Waals surface area contributed by atoms with Crippen molar-refractivity contribution in [2.45, 2.75) is 169 Å². The van der Waals surface area contributed by atoms with Crippen LogP contribution in [0.2, 0.25) is 0 Å². The second-order valence-corrected chi connectivity index (χ2v) is 33.1. The second kappa shape index (κ2) is 27.2. The van der Waals surface area contributed by atoms with Crippen LogP contribution in [0.1, 0.15) is 113 Å². The number of ether oxygens (including phenoxy) is 2. The van der Waals surface area contributed by atoms with Gasteiger partial charge in [-0.25, -0.2) is 4.79 Å². The molecule has 0 unspecified atom stereocenters. The number of hydrogen-bond acceptors (Lipinski definition) is 6. The summed E-state index contributed by atoms with van der Waals surface area (Å²) in [6.07, 6.45) is 9.50. The Morgan fingerprint density at radius 3 is 1.08 bits per heavy atom. The van der Waals surface area contributed by atoms with Gasteiger partial charge in [-0.05, 0) is 201 Å². The van der Waals surface area contributed by atoms with Crippen molar-refractivity contribution in [1.29, 1.82) is 0 Å². The summed E-state index contributed by atoms with van der Waals surface area (Å²) in [7, 11) is -6.32. The maximum absolute atomic E-state index is 12.9. The van der Waals surface area contributed by atoms with Gasteiger partial charge < -0.3 is 13.7 Å². The first-order valence-corrected chi connectivity index (χ1v) is 35.3. The molecule has 4 aliphatic rings. The van der Waals surface area contributed by atoms with Gasteiger partial charge in [0, 0.05) is 24.3 Å². The molecule has 4 aliphatic carbocycles. The van der Waals surface area contributed by atoms with E-state index in [4.69, 9.17) is 9.47 Å². The van der Waals surface area contributed by atoms with E-state index in [0.717, 1.165) is 68.6 Å². The molecule has 456 valence electrons. The van der Waals surface area contributed by atoms with Gasteiger partial charge >= 0.3 is 21.6 Å². The Kier molecular flexibility index (Phi) is 20.3. The van der Waals surface area contributed by atoms with Crippen LogP contribution >= 0.6 is 0 Å². The summed E-state index contributed by atoms with van der Waals surface area (Å²) >= 11 is 0. The van der Waals surface area contributed by atoms with E-state index in [0.29, 0.717) is 11.1 Å². The smallest absolute Gasteiger partial charge is 0.481 e. The molecular weight excluding hydrogens is 1170 g/mol. The van der Waals surface area contributed by atoms with E-state index in [1.54, 1.807) is 12.1 Å². The monoisotopic (exact) mass is 1250 g/mol. The molecule has 4 bridgehead atoms. The summed E-state index contributed by atoms with van der Waals surface area (Å²) in [5.74, 6) is 2.55. The molecule has 0 aliphatic heterocycles. The number of benzene rings is 8. The summed E-state index contributed by atoms with van der Waals surface area (Å²) in [6.45, 7) is 20.8. The zero-order valence-electron chi connectivity index (χ0n) is 51.9. The van der Waals surface area contributed by atoms with Crippen LogP contribution in [-0.2, 0) is 63.2 Å². The van der Waals surface area contributed by atoms with E-state index >= 15 is 0 Å². The number of alkyl halides is 3. The van der Waals surface area contributed by atoms with Crippen molar-refractivity contribution in [2.75, 3.05) is 12.9 Å². The maximum Gasteiger partial charge on any atom is 0.534 e. The van der Waals surface area contributed by atoms with Gasteiger partial charge in [-0.2, -0.15) is 21.6 Å². The molecule has 13 heteroatoms. The van der Waals surface area contributed by atoms with Gasteiger partial charge in [0.1, 0.15) is 23.4 Å². The van der Waals surface area contributed by atoms with Gasteiger partial charge in [-0.15, -0.1) is 0 Å². The van der Waals surface area contributed by atoms with Crippen LogP contribution in [0.5, 0.6) is 11.5 Å². The minimum atomic E-state index is -5.73.